The molecule has 4 nitrogen and oxygen atoms in total. The van der Waals surface area contributed by atoms with Crippen LogP contribution in [0.4, 0.5) is 0 Å². The second-order valence-corrected chi connectivity index (χ2v) is 2.82. The van der Waals surface area contributed by atoms with Gasteiger partial charge >= 0.3 is 5.97 Å². The van der Waals surface area contributed by atoms with Crippen LogP contribution in [0.15, 0.2) is 22.9 Å². The van der Waals surface area contributed by atoms with E-state index in [-0.39, 0.29) is 5.56 Å². The summed E-state index contributed by atoms with van der Waals surface area (Å²) in [6, 6.07) is 1.36. The summed E-state index contributed by atoms with van der Waals surface area (Å²) in [7, 11) is 0. The molecule has 0 amide bonds. The van der Waals surface area contributed by atoms with Gasteiger partial charge in [-0.25, -0.2) is 4.79 Å². The first-order chi connectivity index (χ1) is 5.09. The second kappa shape index (κ2) is 2.87. The number of rotatable bonds is 1. The van der Waals surface area contributed by atoms with E-state index in [2.05, 4.69) is 15.9 Å². The predicted octanol–water partition coefficient (Wildman–Crippen LogP) is 0.781. The van der Waals surface area contributed by atoms with Gasteiger partial charge in [-0.1, -0.05) is 0 Å². The molecule has 0 unspecified atom stereocenters. The van der Waals surface area contributed by atoms with Crippen molar-refractivity contribution in [1.82, 2.24) is 0 Å². The molecule has 1 aromatic rings. The molecule has 0 saturated carbocycles. The third-order valence-electron chi connectivity index (χ3n) is 1.06. The molecule has 0 aliphatic carbocycles. The van der Waals surface area contributed by atoms with Gasteiger partial charge in [0.1, 0.15) is 5.56 Å². The number of nitrogens with zero attached hydrogens (tertiary/aromatic N) is 1. The Hall–Kier alpha value is -1.10. The molecule has 0 aliphatic rings. The minimum atomic E-state index is -1.11. The first-order valence-electron chi connectivity index (χ1n) is 2.72. The van der Waals surface area contributed by atoms with Crippen LogP contribution in [0.5, 0.6) is 0 Å². The van der Waals surface area contributed by atoms with Crippen molar-refractivity contribution in [3.63, 3.8) is 0 Å². The smallest absolute Gasteiger partial charge is 0.341 e. The lowest BCUT2D eigenvalue weighted by Crippen LogP contribution is -2.26. The molecule has 58 valence electrons. The molecule has 5 heteroatoms. The lowest BCUT2D eigenvalue weighted by atomic mass is 10.3. The molecular formula is C6H4BrNO3. The monoisotopic (exact) mass is 217 g/mol. The van der Waals surface area contributed by atoms with Crippen LogP contribution in [0.3, 0.4) is 0 Å². The minimum absolute atomic E-state index is 0.0330. The minimum Gasteiger partial charge on any atom is -0.619 e. The molecule has 0 aromatic carbocycles. The van der Waals surface area contributed by atoms with Crippen molar-refractivity contribution in [3.8, 4) is 0 Å². The number of pyridine rings is 1. The predicted molar refractivity (Wildman–Crippen MR) is 40.1 cm³/mol. The number of halogens is 1. The van der Waals surface area contributed by atoms with E-state index in [4.69, 9.17) is 5.11 Å². The highest BCUT2D eigenvalue weighted by Crippen LogP contribution is 2.07. The van der Waals surface area contributed by atoms with E-state index in [0.29, 0.717) is 9.20 Å². The highest BCUT2D eigenvalue weighted by molar-refractivity contribution is 9.10. The van der Waals surface area contributed by atoms with E-state index in [0.717, 1.165) is 6.20 Å². The molecule has 0 fully saturated rings. The molecule has 0 spiro atoms. The SMILES string of the molecule is O=C(O)c1cc(Br)c[n+]([O-])c1. The van der Waals surface area contributed by atoms with Gasteiger partial charge in [-0.3, -0.25) is 0 Å². The second-order valence-electron chi connectivity index (χ2n) is 1.91. The van der Waals surface area contributed by atoms with E-state index >= 15 is 0 Å². The standard InChI is InChI=1S/C6H4BrNO3/c7-5-1-4(6(9)10)2-8(11)3-5/h1-3H,(H,9,10). The highest BCUT2D eigenvalue weighted by atomic mass is 79.9. The fourth-order valence-corrected chi connectivity index (χ4v) is 1.08. The summed E-state index contributed by atoms with van der Waals surface area (Å²) in [5.41, 5.74) is -0.0330. The van der Waals surface area contributed by atoms with Crippen LogP contribution in [0.2, 0.25) is 0 Å². The van der Waals surface area contributed by atoms with Crippen LogP contribution < -0.4 is 4.73 Å². The van der Waals surface area contributed by atoms with Crippen LogP contribution in [-0.4, -0.2) is 11.1 Å². The first kappa shape index (κ1) is 8.00. The Morgan fingerprint density at radius 1 is 1.64 bits per heavy atom. The number of aromatic nitrogens is 1. The van der Waals surface area contributed by atoms with Crippen molar-refractivity contribution in [1.29, 1.82) is 0 Å². The molecule has 1 N–H and O–H groups in total. The van der Waals surface area contributed by atoms with Gasteiger partial charge in [-0.2, -0.15) is 4.73 Å². The summed E-state index contributed by atoms with van der Waals surface area (Å²) in [4.78, 5) is 10.3. The highest BCUT2D eigenvalue weighted by Gasteiger charge is 2.07. The van der Waals surface area contributed by atoms with E-state index in [1.54, 1.807) is 0 Å². The van der Waals surface area contributed by atoms with E-state index in [9.17, 15) is 10.0 Å². The van der Waals surface area contributed by atoms with Crippen LogP contribution in [0.25, 0.3) is 0 Å². The zero-order valence-electron chi connectivity index (χ0n) is 5.32. The van der Waals surface area contributed by atoms with Gasteiger partial charge in [0.25, 0.3) is 0 Å². The number of hydrogen-bond acceptors (Lipinski definition) is 2. The van der Waals surface area contributed by atoms with Gasteiger partial charge in [-0.05, 0) is 22.0 Å². The summed E-state index contributed by atoms with van der Waals surface area (Å²) >= 11 is 3.00. The van der Waals surface area contributed by atoms with E-state index < -0.39 is 5.97 Å². The van der Waals surface area contributed by atoms with E-state index in [1.807, 2.05) is 0 Å². The molecule has 1 heterocycles. The van der Waals surface area contributed by atoms with Gasteiger partial charge in [-0.15, -0.1) is 0 Å². The van der Waals surface area contributed by atoms with Gasteiger partial charge in [0.15, 0.2) is 12.4 Å². The summed E-state index contributed by atoms with van der Waals surface area (Å²) in [6.45, 7) is 0. The number of aromatic carboxylic acids is 1. The average Bonchev–Trinajstić information content (AvgIpc) is 1.85. The van der Waals surface area contributed by atoms with Crippen LogP contribution in [0.1, 0.15) is 10.4 Å². The number of carboxylic acids is 1. The lowest BCUT2D eigenvalue weighted by molar-refractivity contribution is -0.606. The molecular weight excluding hydrogens is 214 g/mol. The van der Waals surface area contributed by atoms with E-state index in [1.165, 1.54) is 12.3 Å². The van der Waals surface area contributed by atoms with Crippen molar-refractivity contribution < 1.29 is 14.6 Å². The molecule has 0 bridgehead atoms. The van der Waals surface area contributed by atoms with Crippen molar-refractivity contribution in [2.75, 3.05) is 0 Å². The Morgan fingerprint density at radius 2 is 2.27 bits per heavy atom. The summed E-state index contributed by atoms with van der Waals surface area (Å²) in [5.74, 6) is -1.11. The topological polar surface area (TPSA) is 64.2 Å². The molecule has 1 rings (SSSR count). The molecule has 1 aromatic heterocycles. The Kier molecular flexibility index (Phi) is 2.09. The molecule has 11 heavy (non-hydrogen) atoms. The third-order valence-corrected chi connectivity index (χ3v) is 1.49. The van der Waals surface area contributed by atoms with Gasteiger partial charge in [0.2, 0.25) is 0 Å². The fraction of sp³-hybridized carbons (Fsp3) is 0. The molecule has 0 atom stereocenters. The maximum absolute atomic E-state index is 10.6. The Labute approximate surface area is 70.8 Å². The number of carbonyl (C=O) groups is 1. The summed E-state index contributed by atoms with van der Waals surface area (Å²) in [6.07, 6.45) is 2.22. The number of carboxylic acid groups (broad SMARTS) is 1. The van der Waals surface area contributed by atoms with Crippen molar-refractivity contribution in [2.45, 2.75) is 0 Å². The molecule has 0 radical (unpaired) electrons. The maximum Gasteiger partial charge on any atom is 0.341 e. The Morgan fingerprint density at radius 3 is 2.73 bits per heavy atom. The summed E-state index contributed by atoms with van der Waals surface area (Å²) < 4.78 is 0.889. The normalized spacial score (nSPS) is 9.55. The van der Waals surface area contributed by atoms with Gasteiger partial charge in [0.05, 0.1) is 4.47 Å². The largest absolute Gasteiger partial charge is 0.619 e. The first-order valence-corrected chi connectivity index (χ1v) is 3.51. The van der Waals surface area contributed by atoms with Crippen LogP contribution in [-0.2, 0) is 0 Å². The van der Waals surface area contributed by atoms with Crippen LogP contribution >= 0.6 is 15.9 Å². The van der Waals surface area contributed by atoms with Crippen molar-refractivity contribution in [2.24, 2.45) is 0 Å². The molecule has 0 aliphatic heterocycles. The molecule has 0 saturated heterocycles. The van der Waals surface area contributed by atoms with Crippen LogP contribution in [0, 0.1) is 5.21 Å². The van der Waals surface area contributed by atoms with Crippen molar-refractivity contribution in [3.05, 3.63) is 33.7 Å². The quantitative estimate of drug-likeness (QED) is 0.559. The zero-order chi connectivity index (χ0) is 8.43. The zero-order valence-corrected chi connectivity index (χ0v) is 6.91. The van der Waals surface area contributed by atoms with Crippen molar-refractivity contribution >= 4 is 21.9 Å². The average molecular weight is 218 g/mol. The maximum atomic E-state index is 10.6. The fourth-order valence-electron chi connectivity index (χ4n) is 0.636. The lowest BCUT2D eigenvalue weighted by Gasteiger charge is -1.97. The Bertz CT molecular complexity index is 280. The number of hydrogen-bond donors (Lipinski definition) is 1. The third kappa shape index (κ3) is 1.91. The Balaban J connectivity index is 3.19. The van der Waals surface area contributed by atoms with Gasteiger partial charge in [0, 0.05) is 0 Å². The summed E-state index contributed by atoms with van der Waals surface area (Å²) in [5, 5.41) is 19.1. The van der Waals surface area contributed by atoms with Gasteiger partial charge < -0.3 is 10.3 Å².